The van der Waals surface area contributed by atoms with Crippen molar-refractivity contribution in [1.82, 2.24) is 5.32 Å². The van der Waals surface area contributed by atoms with Gasteiger partial charge in [-0.3, -0.25) is 0 Å². The van der Waals surface area contributed by atoms with Gasteiger partial charge in [0.25, 0.3) is 6.43 Å². The van der Waals surface area contributed by atoms with Gasteiger partial charge in [-0.2, -0.15) is 0 Å². The first-order chi connectivity index (χ1) is 6.18. The summed E-state index contributed by atoms with van der Waals surface area (Å²) >= 11 is 5.81. The Morgan fingerprint density at radius 2 is 1.85 bits per heavy atom. The van der Waals surface area contributed by atoms with Crippen LogP contribution in [0.4, 0.5) is 8.78 Å². The van der Waals surface area contributed by atoms with E-state index < -0.39 is 6.43 Å². The lowest BCUT2D eigenvalue weighted by Gasteiger charge is -2.36. The molecule has 1 nitrogen and oxygen atoms in total. The van der Waals surface area contributed by atoms with Crippen molar-refractivity contribution >= 4 is 11.6 Å². The maximum atomic E-state index is 12.0. The first-order valence-electron chi connectivity index (χ1n) is 4.78. The molecule has 0 aromatic heterocycles. The maximum Gasteiger partial charge on any atom is 0.250 e. The van der Waals surface area contributed by atoms with Crippen LogP contribution in [0.1, 0.15) is 32.1 Å². The largest absolute Gasteiger partial charge is 0.305 e. The van der Waals surface area contributed by atoms with Crippen LogP contribution in [-0.2, 0) is 0 Å². The van der Waals surface area contributed by atoms with E-state index in [0.29, 0.717) is 5.88 Å². The summed E-state index contributed by atoms with van der Waals surface area (Å²) < 4.78 is 24.0. The van der Waals surface area contributed by atoms with Crippen LogP contribution in [0.15, 0.2) is 0 Å². The van der Waals surface area contributed by atoms with Crippen LogP contribution in [0.2, 0.25) is 0 Å². The van der Waals surface area contributed by atoms with Gasteiger partial charge in [0.2, 0.25) is 0 Å². The zero-order valence-corrected chi connectivity index (χ0v) is 8.42. The highest BCUT2D eigenvalue weighted by Crippen LogP contribution is 2.29. The second kappa shape index (κ2) is 5.11. The normalized spacial score (nSPS) is 22.2. The molecule has 0 unspecified atom stereocenters. The summed E-state index contributed by atoms with van der Waals surface area (Å²) in [5, 5.41) is 2.90. The van der Waals surface area contributed by atoms with E-state index in [2.05, 4.69) is 5.32 Å². The van der Waals surface area contributed by atoms with Gasteiger partial charge < -0.3 is 5.32 Å². The summed E-state index contributed by atoms with van der Waals surface area (Å²) in [6.45, 7) is -0.229. The molecule has 0 radical (unpaired) electrons. The van der Waals surface area contributed by atoms with Crippen molar-refractivity contribution in [3.8, 4) is 0 Å². The van der Waals surface area contributed by atoms with Gasteiger partial charge >= 0.3 is 0 Å². The third-order valence-electron chi connectivity index (χ3n) is 2.70. The fourth-order valence-electron chi connectivity index (χ4n) is 1.88. The zero-order valence-electron chi connectivity index (χ0n) is 7.66. The Bertz CT molecular complexity index is 147. The van der Waals surface area contributed by atoms with E-state index in [0.717, 1.165) is 25.7 Å². The molecule has 0 atom stereocenters. The average Bonchev–Trinajstić information content (AvgIpc) is 2.16. The summed E-state index contributed by atoms with van der Waals surface area (Å²) in [4.78, 5) is 0. The van der Waals surface area contributed by atoms with Gasteiger partial charge in [0.05, 0.1) is 6.54 Å². The van der Waals surface area contributed by atoms with Gasteiger partial charge in [-0.05, 0) is 12.8 Å². The lowest BCUT2D eigenvalue weighted by Crippen LogP contribution is -2.50. The molecule has 1 fully saturated rings. The lowest BCUT2D eigenvalue weighted by atomic mass is 9.83. The van der Waals surface area contributed by atoms with Crippen molar-refractivity contribution in [1.29, 1.82) is 0 Å². The van der Waals surface area contributed by atoms with Crippen LogP contribution >= 0.6 is 11.6 Å². The van der Waals surface area contributed by atoms with Crippen LogP contribution in [0.3, 0.4) is 0 Å². The third kappa shape index (κ3) is 3.39. The fourth-order valence-corrected chi connectivity index (χ4v) is 2.24. The molecule has 0 aliphatic heterocycles. The van der Waals surface area contributed by atoms with Crippen LogP contribution in [0, 0.1) is 0 Å². The molecule has 0 amide bonds. The van der Waals surface area contributed by atoms with Crippen molar-refractivity contribution in [3.63, 3.8) is 0 Å². The Morgan fingerprint density at radius 3 is 2.31 bits per heavy atom. The number of alkyl halides is 3. The molecule has 1 rings (SSSR count). The molecule has 1 N–H and O–H groups in total. The number of rotatable bonds is 4. The number of hydrogen-bond donors (Lipinski definition) is 1. The molecule has 78 valence electrons. The summed E-state index contributed by atoms with van der Waals surface area (Å²) in [6.07, 6.45) is 3.00. The smallest absolute Gasteiger partial charge is 0.250 e. The highest BCUT2D eigenvalue weighted by Gasteiger charge is 2.31. The number of nitrogens with one attached hydrogen (secondary N) is 1. The van der Waals surface area contributed by atoms with Gasteiger partial charge in [-0.25, -0.2) is 8.78 Å². The predicted molar refractivity (Wildman–Crippen MR) is 50.5 cm³/mol. The zero-order chi connectivity index (χ0) is 9.73. The first kappa shape index (κ1) is 11.2. The van der Waals surface area contributed by atoms with Gasteiger partial charge in [0.15, 0.2) is 0 Å². The second-order valence-corrected chi connectivity index (χ2v) is 4.01. The molecule has 1 aliphatic rings. The number of halogens is 3. The molecule has 4 heteroatoms. The summed E-state index contributed by atoms with van der Waals surface area (Å²) in [7, 11) is 0. The predicted octanol–water partition coefficient (Wildman–Crippen LogP) is 2.78. The first-order valence-corrected chi connectivity index (χ1v) is 5.31. The minimum atomic E-state index is -2.28. The summed E-state index contributed by atoms with van der Waals surface area (Å²) in [6, 6.07) is 0. The third-order valence-corrected chi connectivity index (χ3v) is 3.21. The van der Waals surface area contributed by atoms with Crippen molar-refractivity contribution in [2.45, 2.75) is 44.1 Å². The molecular weight excluding hydrogens is 196 g/mol. The Morgan fingerprint density at radius 1 is 1.23 bits per heavy atom. The molecule has 0 spiro atoms. The second-order valence-electron chi connectivity index (χ2n) is 3.75. The van der Waals surface area contributed by atoms with E-state index in [9.17, 15) is 8.78 Å². The van der Waals surface area contributed by atoms with Gasteiger partial charge in [0.1, 0.15) is 0 Å². The van der Waals surface area contributed by atoms with Crippen LogP contribution < -0.4 is 5.32 Å². The minimum Gasteiger partial charge on any atom is -0.305 e. The highest BCUT2D eigenvalue weighted by atomic mass is 35.5. The van der Waals surface area contributed by atoms with E-state index in [-0.39, 0.29) is 12.1 Å². The molecule has 0 saturated heterocycles. The fraction of sp³-hybridized carbons (Fsp3) is 1.00. The Kier molecular flexibility index (Phi) is 4.39. The highest BCUT2D eigenvalue weighted by molar-refractivity contribution is 6.18. The van der Waals surface area contributed by atoms with Crippen molar-refractivity contribution in [2.75, 3.05) is 12.4 Å². The van der Waals surface area contributed by atoms with E-state index in [1.54, 1.807) is 0 Å². The van der Waals surface area contributed by atoms with Gasteiger partial charge in [0, 0.05) is 11.4 Å². The molecule has 0 aromatic rings. The maximum absolute atomic E-state index is 12.0. The molecule has 0 heterocycles. The van der Waals surface area contributed by atoms with Gasteiger partial charge in [-0.1, -0.05) is 19.3 Å². The van der Waals surface area contributed by atoms with Crippen molar-refractivity contribution in [2.24, 2.45) is 0 Å². The van der Waals surface area contributed by atoms with Crippen molar-refractivity contribution < 1.29 is 8.78 Å². The average molecular weight is 212 g/mol. The minimum absolute atomic E-state index is 0.212. The summed E-state index contributed by atoms with van der Waals surface area (Å²) in [5.74, 6) is 0.444. The molecule has 0 aromatic carbocycles. The van der Waals surface area contributed by atoms with Crippen LogP contribution in [0.25, 0.3) is 0 Å². The van der Waals surface area contributed by atoms with Crippen LogP contribution in [0.5, 0.6) is 0 Å². The Labute approximate surface area is 82.8 Å². The van der Waals surface area contributed by atoms with Crippen LogP contribution in [-0.4, -0.2) is 24.4 Å². The monoisotopic (exact) mass is 211 g/mol. The molecular formula is C9H16ClF2N. The molecule has 0 bridgehead atoms. The Balaban J connectivity index is 2.38. The topological polar surface area (TPSA) is 12.0 Å². The standard InChI is InChI=1S/C9H16ClF2N/c10-7-9(13-6-8(11)12)4-2-1-3-5-9/h8,13H,1-7H2. The van der Waals surface area contributed by atoms with E-state index in [4.69, 9.17) is 11.6 Å². The van der Waals surface area contributed by atoms with Gasteiger partial charge in [-0.15, -0.1) is 11.6 Å². The molecule has 1 aliphatic carbocycles. The molecule has 13 heavy (non-hydrogen) atoms. The van der Waals surface area contributed by atoms with E-state index >= 15 is 0 Å². The van der Waals surface area contributed by atoms with E-state index in [1.165, 1.54) is 6.42 Å². The van der Waals surface area contributed by atoms with Crippen molar-refractivity contribution in [3.05, 3.63) is 0 Å². The number of hydrogen-bond acceptors (Lipinski definition) is 1. The summed E-state index contributed by atoms with van der Waals surface area (Å²) in [5.41, 5.74) is -0.212. The molecule has 1 saturated carbocycles. The quantitative estimate of drug-likeness (QED) is 0.706. The lowest BCUT2D eigenvalue weighted by molar-refractivity contribution is 0.123. The van der Waals surface area contributed by atoms with E-state index in [1.807, 2.05) is 0 Å². The SMILES string of the molecule is FC(F)CNC1(CCl)CCCCC1. The Hall–Kier alpha value is 0.110.